The van der Waals surface area contributed by atoms with Crippen LogP contribution < -0.4 is 9.62 Å². The van der Waals surface area contributed by atoms with Gasteiger partial charge in [0.15, 0.2) is 11.5 Å². The molecule has 0 aromatic carbocycles. The third-order valence-corrected chi connectivity index (χ3v) is 6.25. The number of sulfonamides is 1. The maximum absolute atomic E-state index is 14.7. The highest BCUT2D eigenvalue weighted by atomic mass is 32.2. The largest absolute Gasteiger partial charge is 0.355 e. The Bertz CT molecular complexity index is 1270. The van der Waals surface area contributed by atoms with Crippen molar-refractivity contribution in [1.29, 1.82) is 0 Å². The Hall–Kier alpha value is -2.87. The molecule has 2 atom stereocenters. The number of nitrogens with one attached hydrogen (secondary N) is 1. The summed E-state index contributed by atoms with van der Waals surface area (Å²) in [5, 5.41) is 0. The highest BCUT2D eigenvalue weighted by Crippen LogP contribution is 2.39. The van der Waals surface area contributed by atoms with Crippen LogP contribution in [-0.4, -0.2) is 64.6 Å². The molecule has 1 saturated heterocycles. The van der Waals surface area contributed by atoms with Gasteiger partial charge in [0, 0.05) is 37.9 Å². The number of hydrogen-bond acceptors (Lipinski definition) is 7. The maximum atomic E-state index is 14.7. The van der Waals surface area contributed by atoms with Gasteiger partial charge in [-0.3, -0.25) is 4.40 Å². The van der Waals surface area contributed by atoms with Crippen molar-refractivity contribution >= 4 is 21.5 Å². The van der Waals surface area contributed by atoms with E-state index < -0.39 is 46.4 Å². The molecular weight excluding hydrogens is 466 g/mol. The molecule has 0 spiro atoms. The van der Waals surface area contributed by atoms with Crippen molar-refractivity contribution < 1.29 is 26.0 Å². The molecule has 4 rings (SSSR count). The van der Waals surface area contributed by atoms with E-state index in [1.807, 2.05) is 0 Å². The summed E-state index contributed by atoms with van der Waals surface area (Å²) in [6.45, 7) is 0.834. The smallest absolute Gasteiger partial charge is 0.281 e. The molecule has 33 heavy (non-hydrogen) atoms. The number of nitrogens with zero attached hydrogens (tertiary/aromatic N) is 6. The fourth-order valence-corrected chi connectivity index (χ4v) is 4.29. The Morgan fingerprint density at radius 2 is 1.97 bits per heavy atom. The fourth-order valence-electron chi connectivity index (χ4n) is 3.79. The molecule has 3 aromatic rings. The first-order chi connectivity index (χ1) is 15.5. The molecule has 1 aliphatic heterocycles. The first-order valence-electron chi connectivity index (χ1n) is 9.97. The molecule has 0 saturated carbocycles. The molecule has 1 fully saturated rings. The molecule has 3 aromatic heterocycles. The minimum Gasteiger partial charge on any atom is -0.355 e. The summed E-state index contributed by atoms with van der Waals surface area (Å²) >= 11 is 0. The van der Waals surface area contributed by atoms with Gasteiger partial charge in [-0.05, 0) is 6.07 Å². The predicted octanol–water partition coefficient (Wildman–Crippen LogP) is 2.38. The third-order valence-electron chi connectivity index (χ3n) is 5.56. The number of hydrogen-bond donors (Lipinski definition) is 1. The summed E-state index contributed by atoms with van der Waals surface area (Å²) < 4.78 is 82.0. The van der Waals surface area contributed by atoms with Gasteiger partial charge in [-0.1, -0.05) is 6.92 Å². The topological polar surface area (TPSA) is 105 Å². The average molecular weight is 487 g/mol. The standard InChI is InChI=1S/C19H21F4N7O2S/c1-11-8-29(9-12(19(11,22)23)5-27-33(2,31)32)15-3-4-24-18(28-15)14-6-26-16-7-25-13(17(20)21)10-30(14)16/h3-4,6-7,10-12,17,27H,5,8-9H2,1-2H3/t11-,12+/m0/s1. The Labute approximate surface area is 186 Å². The van der Waals surface area contributed by atoms with E-state index in [2.05, 4.69) is 24.7 Å². The van der Waals surface area contributed by atoms with Crippen LogP contribution in [-0.2, 0) is 10.0 Å². The summed E-state index contributed by atoms with van der Waals surface area (Å²) in [7, 11) is -3.64. The van der Waals surface area contributed by atoms with Gasteiger partial charge < -0.3 is 4.90 Å². The van der Waals surface area contributed by atoms with Gasteiger partial charge in [0.25, 0.3) is 12.3 Å². The number of imidazole rings is 1. The minimum absolute atomic E-state index is 0.00850. The van der Waals surface area contributed by atoms with Crippen molar-refractivity contribution in [3.63, 3.8) is 0 Å². The van der Waals surface area contributed by atoms with Crippen LogP contribution in [0.15, 0.2) is 30.9 Å². The molecule has 1 aliphatic rings. The van der Waals surface area contributed by atoms with E-state index in [-0.39, 0.29) is 18.9 Å². The summed E-state index contributed by atoms with van der Waals surface area (Å²) in [4.78, 5) is 18.1. The van der Waals surface area contributed by atoms with E-state index in [4.69, 9.17) is 0 Å². The molecule has 9 nitrogen and oxygen atoms in total. The lowest BCUT2D eigenvalue weighted by Gasteiger charge is -2.43. The lowest BCUT2D eigenvalue weighted by atomic mass is 9.86. The first-order valence-corrected chi connectivity index (χ1v) is 11.9. The highest BCUT2D eigenvalue weighted by molar-refractivity contribution is 7.88. The van der Waals surface area contributed by atoms with E-state index in [1.54, 1.807) is 11.0 Å². The lowest BCUT2D eigenvalue weighted by Crippen LogP contribution is -2.56. The van der Waals surface area contributed by atoms with Crippen LogP contribution in [0.4, 0.5) is 23.4 Å². The number of fused-ring (bicyclic) bond motifs is 1. The second-order valence-electron chi connectivity index (χ2n) is 8.02. The molecule has 4 heterocycles. The molecule has 1 N–H and O–H groups in total. The van der Waals surface area contributed by atoms with Crippen molar-refractivity contribution in [2.45, 2.75) is 19.3 Å². The van der Waals surface area contributed by atoms with Crippen LogP contribution in [0.25, 0.3) is 17.2 Å². The Kier molecular flexibility index (Phi) is 5.99. The van der Waals surface area contributed by atoms with Crippen molar-refractivity contribution in [3.8, 4) is 11.5 Å². The van der Waals surface area contributed by atoms with E-state index >= 15 is 0 Å². The van der Waals surface area contributed by atoms with Crippen LogP contribution in [0.5, 0.6) is 0 Å². The van der Waals surface area contributed by atoms with Crippen molar-refractivity contribution in [3.05, 3.63) is 36.5 Å². The van der Waals surface area contributed by atoms with Crippen molar-refractivity contribution in [2.24, 2.45) is 11.8 Å². The molecule has 0 unspecified atom stereocenters. The number of rotatable bonds is 6. The molecule has 0 bridgehead atoms. The average Bonchev–Trinajstić information content (AvgIpc) is 3.17. The van der Waals surface area contributed by atoms with Gasteiger partial charge >= 0.3 is 0 Å². The summed E-state index contributed by atoms with van der Waals surface area (Å²) in [6, 6.07) is 1.55. The van der Waals surface area contributed by atoms with Crippen LogP contribution in [0, 0.1) is 11.8 Å². The van der Waals surface area contributed by atoms with Gasteiger partial charge in [-0.2, -0.15) is 0 Å². The van der Waals surface area contributed by atoms with Crippen molar-refractivity contribution in [1.82, 2.24) is 29.1 Å². The SMILES string of the molecule is C[C@H]1CN(c2ccnc(-c3cnc4cnc(C(F)F)cn34)n2)C[C@@H](CNS(C)(=O)=O)C1(F)F. The van der Waals surface area contributed by atoms with E-state index in [9.17, 15) is 26.0 Å². The number of halogens is 4. The Balaban J connectivity index is 1.65. The highest BCUT2D eigenvalue weighted by Gasteiger charge is 2.49. The fraction of sp³-hybridized carbons (Fsp3) is 0.474. The minimum atomic E-state index is -3.64. The first kappa shape index (κ1) is 23.3. The zero-order chi connectivity index (χ0) is 24.0. The zero-order valence-electron chi connectivity index (χ0n) is 17.7. The molecule has 14 heteroatoms. The predicted molar refractivity (Wildman–Crippen MR) is 112 cm³/mol. The van der Waals surface area contributed by atoms with Gasteiger partial charge in [0.2, 0.25) is 10.0 Å². The lowest BCUT2D eigenvalue weighted by molar-refractivity contribution is -0.108. The summed E-state index contributed by atoms with van der Waals surface area (Å²) in [6.07, 6.45) is 3.35. The summed E-state index contributed by atoms with van der Waals surface area (Å²) in [5.74, 6) is -4.90. The van der Waals surface area contributed by atoms with Crippen LogP contribution in [0.2, 0.25) is 0 Å². The van der Waals surface area contributed by atoms with Gasteiger partial charge in [-0.15, -0.1) is 0 Å². The quantitative estimate of drug-likeness (QED) is 0.532. The number of piperidine rings is 1. The van der Waals surface area contributed by atoms with Gasteiger partial charge in [0.1, 0.15) is 17.2 Å². The number of aromatic nitrogens is 5. The van der Waals surface area contributed by atoms with Crippen LogP contribution in [0.3, 0.4) is 0 Å². The van der Waals surface area contributed by atoms with Crippen LogP contribution >= 0.6 is 0 Å². The normalized spacial score (nSPS) is 21.1. The zero-order valence-corrected chi connectivity index (χ0v) is 18.5. The third kappa shape index (κ3) is 4.76. The summed E-state index contributed by atoms with van der Waals surface area (Å²) in [5.41, 5.74) is 0.217. The van der Waals surface area contributed by atoms with E-state index in [0.717, 1.165) is 12.5 Å². The van der Waals surface area contributed by atoms with Gasteiger partial charge in [-0.25, -0.2) is 50.6 Å². The molecule has 0 amide bonds. The van der Waals surface area contributed by atoms with E-state index in [0.29, 0.717) is 17.2 Å². The number of alkyl halides is 4. The molecule has 178 valence electrons. The van der Waals surface area contributed by atoms with E-state index in [1.165, 1.54) is 29.9 Å². The number of anilines is 1. The molecule has 0 aliphatic carbocycles. The monoisotopic (exact) mass is 487 g/mol. The molecule has 0 radical (unpaired) electrons. The van der Waals surface area contributed by atoms with Gasteiger partial charge in [0.05, 0.1) is 24.6 Å². The molecular formula is C19H21F4N7O2S. The Morgan fingerprint density at radius 1 is 1.21 bits per heavy atom. The second kappa shape index (κ2) is 8.48. The van der Waals surface area contributed by atoms with Crippen LogP contribution in [0.1, 0.15) is 19.0 Å². The van der Waals surface area contributed by atoms with Crippen molar-refractivity contribution in [2.75, 3.05) is 30.8 Å². The second-order valence-corrected chi connectivity index (χ2v) is 9.85. The Morgan fingerprint density at radius 3 is 2.67 bits per heavy atom. The maximum Gasteiger partial charge on any atom is 0.281 e.